The van der Waals surface area contributed by atoms with Gasteiger partial charge < -0.3 is 23.7 Å². The summed E-state index contributed by atoms with van der Waals surface area (Å²) >= 11 is 0. The molecular formula is C33H37NO8. The molecule has 222 valence electrons. The van der Waals surface area contributed by atoms with Gasteiger partial charge in [0.1, 0.15) is 18.3 Å². The summed E-state index contributed by atoms with van der Waals surface area (Å²) < 4.78 is 29.9. The number of hydroxylamine groups is 2. The van der Waals surface area contributed by atoms with E-state index in [0.717, 1.165) is 16.7 Å². The van der Waals surface area contributed by atoms with Crippen LogP contribution in [-0.2, 0) is 57.9 Å². The number of ether oxygens (including phenoxy) is 5. The molecule has 42 heavy (non-hydrogen) atoms. The average molecular weight is 576 g/mol. The Kier molecular flexibility index (Phi) is 10.3. The normalized spacial score (nSPS) is 25.5. The van der Waals surface area contributed by atoms with Gasteiger partial charge in [0.05, 0.1) is 52.5 Å². The molecule has 2 heterocycles. The highest BCUT2D eigenvalue weighted by atomic mass is 16.7. The van der Waals surface area contributed by atoms with Crippen LogP contribution in [0.3, 0.4) is 0 Å². The molecule has 2 aliphatic heterocycles. The minimum Gasteiger partial charge on any atom is -0.469 e. The molecular weight excluding hydrogens is 538 g/mol. The van der Waals surface area contributed by atoms with Crippen LogP contribution in [0.4, 0.5) is 0 Å². The van der Waals surface area contributed by atoms with Crippen LogP contribution in [-0.4, -0.2) is 67.7 Å². The first-order valence-corrected chi connectivity index (χ1v) is 14.1. The van der Waals surface area contributed by atoms with Crippen molar-refractivity contribution in [1.29, 1.82) is 0 Å². The van der Waals surface area contributed by atoms with E-state index < -0.39 is 48.4 Å². The van der Waals surface area contributed by atoms with Gasteiger partial charge in [-0.25, -0.2) is 4.79 Å². The third-order valence-corrected chi connectivity index (χ3v) is 7.69. The molecule has 2 aliphatic rings. The molecule has 5 rings (SSSR count). The Bertz CT molecular complexity index is 1270. The lowest BCUT2D eigenvalue weighted by atomic mass is 9.86. The zero-order chi connectivity index (χ0) is 29.3. The van der Waals surface area contributed by atoms with Gasteiger partial charge in [0, 0.05) is 6.42 Å². The molecule has 2 fully saturated rings. The van der Waals surface area contributed by atoms with E-state index in [1.54, 1.807) is 5.06 Å². The van der Waals surface area contributed by atoms with Crippen molar-refractivity contribution < 1.29 is 38.1 Å². The lowest BCUT2D eigenvalue weighted by molar-refractivity contribution is -0.290. The van der Waals surface area contributed by atoms with E-state index in [9.17, 15) is 9.59 Å². The molecule has 0 aliphatic carbocycles. The van der Waals surface area contributed by atoms with Gasteiger partial charge in [0.2, 0.25) is 0 Å². The average Bonchev–Trinajstić information content (AvgIpc) is 3.49. The molecule has 0 saturated carbocycles. The predicted octanol–water partition coefficient (Wildman–Crippen LogP) is 4.24. The molecule has 0 aromatic heterocycles. The van der Waals surface area contributed by atoms with E-state index in [1.165, 1.54) is 14.2 Å². The minimum atomic E-state index is -0.856. The second-order valence-electron chi connectivity index (χ2n) is 10.4. The SMILES string of the molecule is COC(=O)C[C@H]1[C@@H](OCc2ccccc2)[C@H](OCc2ccccc2)[C@@H](OCc2ccccc2)[C@@H]2C[C@@H](C(=O)OC)ON21. The highest BCUT2D eigenvalue weighted by Crippen LogP contribution is 2.40. The topological polar surface area (TPSA) is 92.8 Å². The Morgan fingerprint density at radius 1 is 0.690 bits per heavy atom. The van der Waals surface area contributed by atoms with Crippen molar-refractivity contribution in [3.05, 3.63) is 108 Å². The van der Waals surface area contributed by atoms with Crippen LogP contribution in [0.5, 0.6) is 0 Å². The van der Waals surface area contributed by atoms with Gasteiger partial charge in [0.25, 0.3) is 0 Å². The van der Waals surface area contributed by atoms with Gasteiger partial charge in [0.15, 0.2) is 6.10 Å². The van der Waals surface area contributed by atoms with Crippen LogP contribution < -0.4 is 0 Å². The van der Waals surface area contributed by atoms with E-state index in [0.29, 0.717) is 19.6 Å². The van der Waals surface area contributed by atoms with Gasteiger partial charge in [-0.2, -0.15) is 5.06 Å². The van der Waals surface area contributed by atoms with Crippen molar-refractivity contribution in [2.45, 2.75) is 69.2 Å². The Morgan fingerprint density at radius 3 is 1.64 bits per heavy atom. The number of esters is 2. The van der Waals surface area contributed by atoms with Crippen LogP contribution in [0, 0.1) is 0 Å². The van der Waals surface area contributed by atoms with Crippen molar-refractivity contribution >= 4 is 11.9 Å². The largest absolute Gasteiger partial charge is 0.469 e. The summed E-state index contributed by atoms with van der Waals surface area (Å²) in [5.74, 6) is -0.922. The molecule has 0 amide bonds. The van der Waals surface area contributed by atoms with E-state index in [2.05, 4.69) is 0 Å². The molecule has 0 spiro atoms. The molecule has 0 unspecified atom stereocenters. The molecule has 0 bridgehead atoms. The fraction of sp³-hybridized carbons (Fsp3) is 0.394. The van der Waals surface area contributed by atoms with Crippen LogP contribution in [0.15, 0.2) is 91.0 Å². The monoisotopic (exact) mass is 575 g/mol. The van der Waals surface area contributed by atoms with E-state index in [1.807, 2.05) is 91.0 Å². The molecule has 0 N–H and O–H groups in total. The zero-order valence-electron chi connectivity index (χ0n) is 23.9. The zero-order valence-corrected chi connectivity index (χ0v) is 23.9. The summed E-state index contributed by atoms with van der Waals surface area (Å²) in [6.45, 7) is 0.899. The Labute approximate surface area is 246 Å². The Hall–Kier alpha value is -3.60. The number of carbonyl (C=O) groups excluding carboxylic acids is 2. The highest BCUT2D eigenvalue weighted by molar-refractivity contribution is 5.75. The van der Waals surface area contributed by atoms with Crippen molar-refractivity contribution in [3.8, 4) is 0 Å². The number of rotatable bonds is 12. The summed E-state index contributed by atoms with van der Waals surface area (Å²) in [6, 6.07) is 28.5. The maximum Gasteiger partial charge on any atom is 0.337 e. The molecule has 3 aromatic rings. The molecule has 9 nitrogen and oxygen atoms in total. The van der Waals surface area contributed by atoms with Gasteiger partial charge in [-0.15, -0.1) is 0 Å². The lowest BCUT2D eigenvalue weighted by Gasteiger charge is -2.49. The standard InChI is InChI=1S/C33H37NO8/c1-37-29(35)19-27-31(40-21-24-14-8-4-9-15-24)32(41-22-25-16-10-5-11-17-25)30(39-20-23-12-6-3-7-13-23)26-18-28(33(36)38-2)42-34(26)27/h3-17,26-28,30-32H,18-22H2,1-2H3/t26-,27-,28-,30-,31+,32+/m0/s1. The predicted molar refractivity (Wildman–Crippen MR) is 153 cm³/mol. The van der Waals surface area contributed by atoms with Crippen LogP contribution in [0.2, 0.25) is 0 Å². The quantitative estimate of drug-likeness (QED) is 0.294. The number of hydrogen-bond donors (Lipinski definition) is 0. The molecule has 9 heteroatoms. The summed E-state index contributed by atoms with van der Waals surface area (Å²) in [7, 11) is 2.68. The van der Waals surface area contributed by atoms with E-state index in [4.69, 9.17) is 28.5 Å². The number of benzene rings is 3. The molecule has 0 radical (unpaired) electrons. The van der Waals surface area contributed by atoms with Crippen molar-refractivity contribution in [3.63, 3.8) is 0 Å². The number of nitrogens with zero attached hydrogens (tertiary/aromatic N) is 1. The maximum atomic E-state index is 12.7. The second-order valence-corrected chi connectivity index (χ2v) is 10.4. The summed E-state index contributed by atoms with van der Waals surface area (Å²) in [6.07, 6.45) is -2.41. The maximum absolute atomic E-state index is 12.7. The van der Waals surface area contributed by atoms with Gasteiger partial charge in [-0.3, -0.25) is 9.63 Å². The highest BCUT2D eigenvalue weighted by Gasteiger charge is 2.57. The number of methoxy groups -OCH3 is 2. The number of fused-ring (bicyclic) bond motifs is 1. The third-order valence-electron chi connectivity index (χ3n) is 7.69. The van der Waals surface area contributed by atoms with Gasteiger partial charge in [-0.1, -0.05) is 91.0 Å². The number of piperidine rings is 1. The van der Waals surface area contributed by atoms with Crippen LogP contribution in [0.1, 0.15) is 29.5 Å². The van der Waals surface area contributed by atoms with Crippen molar-refractivity contribution in [1.82, 2.24) is 5.06 Å². The van der Waals surface area contributed by atoms with Crippen molar-refractivity contribution in [2.24, 2.45) is 0 Å². The molecule has 6 atom stereocenters. The third kappa shape index (κ3) is 7.24. The first-order chi connectivity index (χ1) is 20.6. The van der Waals surface area contributed by atoms with Crippen LogP contribution >= 0.6 is 0 Å². The fourth-order valence-electron chi connectivity index (χ4n) is 5.60. The number of hydrogen-bond acceptors (Lipinski definition) is 9. The fourth-order valence-corrected chi connectivity index (χ4v) is 5.60. The lowest BCUT2D eigenvalue weighted by Crippen LogP contribution is -2.66. The number of carbonyl (C=O) groups is 2. The second kappa shape index (κ2) is 14.5. The minimum absolute atomic E-state index is 0.0308. The molecule has 2 saturated heterocycles. The van der Waals surface area contributed by atoms with E-state index >= 15 is 0 Å². The van der Waals surface area contributed by atoms with Crippen molar-refractivity contribution in [2.75, 3.05) is 14.2 Å². The van der Waals surface area contributed by atoms with Crippen LogP contribution in [0.25, 0.3) is 0 Å². The summed E-state index contributed by atoms with van der Waals surface area (Å²) in [4.78, 5) is 31.5. The Morgan fingerprint density at radius 2 is 1.17 bits per heavy atom. The Balaban J connectivity index is 1.51. The molecule has 3 aromatic carbocycles. The summed E-state index contributed by atoms with van der Waals surface area (Å²) in [5.41, 5.74) is 2.95. The smallest absolute Gasteiger partial charge is 0.337 e. The first-order valence-electron chi connectivity index (χ1n) is 14.1. The van der Waals surface area contributed by atoms with Gasteiger partial charge >= 0.3 is 11.9 Å². The first kappa shape index (κ1) is 29.9. The summed E-state index contributed by atoms with van der Waals surface area (Å²) in [5, 5.41) is 1.69. The van der Waals surface area contributed by atoms with Gasteiger partial charge in [-0.05, 0) is 16.7 Å². The van der Waals surface area contributed by atoms with E-state index in [-0.39, 0.29) is 13.0 Å².